The largest absolute Gasteiger partial charge is 0.330 e. The van der Waals surface area contributed by atoms with E-state index in [0.717, 1.165) is 57.3 Å². The highest BCUT2D eigenvalue weighted by Gasteiger charge is 2.30. The second kappa shape index (κ2) is 9.99. The molecule has 2 rings (SSSR count). The van der Waals surface area contributed by atoms with Gasteiger partial charge in [-0.3, -0.25) is 4.79 Å². The number of aromatic nitrogens is 3. The van der Waals surface area contributed by atoms with Crippen LogP contribution in [0, 0.1) is 11.8 Å². The molecule has 1 fully saturated rings. The Bertz CT molecular complexity index is 525. The molecule has 0 radical (unpaired) electrons. The number of nitrogens with zero attached hydrogens (tertiary/aromatic N) is 3. The number of carbonyl (C=O) groups excluding carboxylic acids is 1. The fourth-order valence-corrected chi connectivity index (χ4v) is 3.41. The summed E-state index contributed by atoms with van der Waals surface area (Å²) in [5, 5.41) is 11.8. The van der Waals surface area contributed by atoms with E-state index in [1.807, 2.05) is 6.20 Å². The van der Waals surface area contributed by atoms with Crippen molar-refractivity contribution in [3.8, 4) is 0 Å². The molecule has 0 spiro atoms. The van der Waals surface area contributed by atoms with Crippen LogP contribution in [0.25, 0.3) is 0 Å². The first-order valence-corrected chi connectivity index (χ1v) is 9.70. The first kappa shape index (κ1) is 20.0. The molecule has 1 aliphatic rings. The predicted molar refractivity (Wildman–Crippen MR) is 98.9 cm³/mol. The third kappa shape index (κ3) is 5.33. The van der Waals surface area contributed by atoms with E-state index in [0.29, 0.717) is 12.5 Å². The SMILES string of the molecule is CC[C@H](C)[C@H](N)c1cn([C@@H](CCCCN)C(=O)C2CCNCC2)nn1. The molecule has 7 nitrogen and oxygen atoms in total. The van der Waals surface area contributed by atoms with Crippen molar-refractivity contribution >= 4 is 5.78 Å². The first-order valence-electron chi connectivity index (χ1n) is 9.70. The van der Waals surface area contributed by atoms with Crippen LogP contribution in [0.2, 0.25) is 0 Å². The van der Waals surface area contributed by atoms with Gasteiger partial charge in [0.25, 0.3) is 0 Å². The minimum Gasteiger partial charge on any atom is -0.330 e. The fourth-order valence-electron chi connectivity index (χ4n) is 3.41. The highest BCUT2D eigenvalue weighted by molar-refractivity contribution is 5.85. The van der Waals surface area contributed by atoms with Gasteiger partial charge in [0.1, 0.15) is 6.04 Å². The molecule has 0 unspecified atom stereocenters. The minimum atomic E-state index is -0.250. The molecule has 0 aromatic carbocycles. The maximum atomic E-state index is 13.1. The lowest BCUT2D eigenvalue weighted by molar-refractivity contribution is -0.127. The van der Waals surface area contributed by atoms with Crippen LogP contribution >= 0.6 is 0 Å². The van der Waals surface area contributed by atoms with Gasteiger partial charge in [-0.1, -0.05) is 25.5 Å². The number of unbranched alkanes of at least 4 members (excludes halogenated alkanes) is 1. The van der Waals surface area contributed by atoms with Crippen LogP contribution in [0.15, 0.2) is 6.20 Å². The van der Waals surface area contributed by atoms with Crippen LogP contribution in [-0.2, 0) is 4.79 Å². The molecule has 142 valence electrons. The van der Waals surface area contributed by atoms with Gasteiger partial charge in [-0.05, 0) is 57.7 Å². The van der Waals surface area contributed by atoms with Crippen LogP contribution in [0.5, 0.6) is 0 Å². The summed E-state index contributed by atoms with van der Waals surface area (Å²) in [7, 11) is 0. The molecule has 1 aromatic rings. The highest BCUT2D eigenvalue weighted by Crippen LogP contribution is 2.26. The van der Waals surface area contributed by atoms with Crippen molar-refractivity contribution in [2.75, 3.05) is 19.6 Å². The monoisotopic (exact) mass is 350 g/mol. The molecular formula is C18H34N6O. The summed E-state index contributed by atoms with van der Waals surface area (Å²) in [6.45, 7) is 6.70. The van der Waals surface area contributed by atoms with Crippen molar-refractivity contribution in [3.05, 3.63) is 11.9 Å². The van der Waals surface area contributed by atoms with Crippen molar-refractivity contribution in [3.63, 3.8) is 0 Å². The Labute approximate surface area is 150 Å². The van der Waals surface area contributed by atoms with Crippen LogP contribution in [0.1, 0.15) is 70.2 Å². The summed E-state index contributed by atoms with van der Waals surface area (Å²) in [5.41, 5.74) is 12.7. The average molecular weight is 351 g/mol. The van der Waals surface area contributed by atoms with Gasteiger partial charge in [-0.25, -0.2) is 4.68 Å². The molecule has 7 heteroatoms. The summed E-state index contributed by atoms with van der Waals surface area (Å²) in [4.78, 5) is 13.1. The van der Waals surface area contributed by atoms with E-state index >= 15 is 0 Å². The summed E-state index contributed by atoms with van der Waals surface area (Å²) in [5.74, 6) is 0.730. The standard InChI is InChI=1S/C18H34N6O/c1-3-13(2)17(20)15-12-24(23-22-15)16(6-4-5-9-19)18(25)14-7-10-21-11-8-14/h12-14,16-17,21H,3-11,19-20H2,1-2H3/t13-,16-,17-/m0/s1. The quantitative estimate of drug-likeness (QED) is 0.552. The Kier molecular flexibility index (Phi) is 7.99. The van der Waals surface area contributed by atoms with Crippen LogP contribution in [0.3, 0.4) is 0 Å². The van der Waals surface area contributed by atoms with E-state index in [2.05, 4.69) is 29.5 Å². The van der Waals surface area contributed by atoms with E-state index in [9.17, 15) is 4.79 Å². The molecule has 5 N–H and O–H groups in total. The zero-order valence-corrected chi connectivity index (χ0v) is 15.7. The molecular weight excluding hydrogens is 316 g/mol. The lowest BCUT2D eigenvalue weighted by atomic mass is 9.88. The number of piperidine rings is 1. The van der Waals surface area contributed by atoms with E-state index in [4.69, 9.17) is 11.5 Å². The van der Waals surface area contributed by atoms with Crippen molar-refractivity contribution in [1.29, 1.82) is 0 Å². The maximum absolute atomic E-state index is 13.1. The topological polar surface area (TPSA) is 112 Å². The van der Waals surface area contributed by atoms with E-state index in [1.54, 1.807) is 4.68 Å². The second-order valence-electron chi connectivity index (χ2n) is 7.26. The number of Topliss-reactive ketones (excluding diaryl/α,β-unsaturated/α-hetero) is 1. The lowest BCUT2D eigenvalue weighted by Crippen LogP contribution is -2.35. The zero-order chi connectivity index (χ0) is 18.2. The number of ketones is 1. The third-order valence-electron chi connectivity index (χ3n) is 5.45. The van der Waals surface area contributed by atoms with Crippen molar-refractivity contribution in [2.45, 2.75) is 64.5 Å². The van der Waals surface area contributed by atoms with E-state index in [1.165, 1.54) is 0 Å². The Morgan fingerprint density at radius 2 is 2.12 bits per heavy atom. The summed E-state index contributed by atoms with van der Waals surface area (Å²) < 4.78 is 1.75. The Hall–Kier alpha value is -1.31. The van der Waals surface area contributed by atoms with Crippen LogP contribution in [-0.4, -0.2) is 40.4 Å². The molecule has 3 atom stereocenters. The van der Waals surface area contributed by atoms with Gasteiger partial charge in [0, 0.05) is 5.92 Å². The number of rotatable bonds is 10. The number of hydrogen-bond donors (Lipinski definition) is 3. The number of nitrogens with two attached hydrogens (primary N) is 2. The summed E-state index contributed by atoms with van der Waals surface area (Å²) in [6, 6.07) is -0.391. The fraction of sp³-hybridized carbons (Fsp3) is 0.833. The second-order valence-corrected chi connectivity index (χ2v) is 7.26. The van der Waals surface area contributed by atoms with Gasteiger partial charge in [0.15, 0.2) is 5.78 Å². The zero-order valence-electron chi connectivity index (χ0n) is 15.7. The van der Waals surface area contributed by atoms with Gasteiger partial charge in [0.05, 0.1) is 17.9 Å². The molecule has 0 bridgehead atoms. The van der Waals surface area contributed by atoms with Gasteiger partial charge in [-0.2, -0.15) is 0 Å². The van der Waals surface area contributed by atoms with Gasteiger partial charge >= 0.3 is 0 Å². The number of nitrogens with one attached hydrogen (secondary N) is 1. The van der Waals surface area contributed by atoms with Crippen LogP contribution < -0.4 is 16.8 Å². The average Bonchev–Trinajstić information content (AvgIpc) is 3.14. The Balaban J connectivity index is 2.14. The molecule has 1 saturated heterocycles. The lowest BCUT2D eigenvalue weighted by Gasteiger charge is -2.26. The third-order valence-corrected chi connectivity index (χ3v) is 5.45. The van der Waals surface area contributed by atoms with E-state index in [-0.39, 0.29) is 23.8 Å². The number of carbonyl (C=O) groups is 1. The van der Waals surface area contributed by atoms with Gasteiger partial charge in [0.2, 0.25) is 0 Å². The van der Waals surface area contributed by atoms with Crippen LogP contribution in [0.4, 0.5) is 0 Å². The first-order chi connectivity index (χ1) is 12.1. The maximum Gasteiger partial charge on any atom is 0.160 e. The highest BCUT2D eigenvalue weighted by atomic mass is 16.1. The predicted octanol–water partition coefficient (Wildman–Crippen LogP) is 1.56. The van der Waals surface area contributed by atoms with Crippen molar-refractivity contribution < 1.29 is 4.79 Å². The number of hydrogen-bond acceptors (Lipinski definition) is 6. The Morgan fingerprint density at radius 3 is 2.76 bits per heavy atom. The minimum absolute atomic E-state index is 0.111. The van der Waals surface area contributed by atoms with Gasteiger partial charge < -0.3 is 16.8 Å². The molecule has 1 aliphatic heterocycles. The molecule has 2 heterocycles. The molecule has 1 aromatic heterocycles. The van der Waals surface area contributed by atoms with E-state index < -0.39 is 0 Å². The molecule has 0 amide bonds. The summed E-state index contributed by atoms with van der Waals surface area (Å²) in [6.07, 6.45) is 7.28. The summed E-state index contributed by atoms with van der Waals surface area (Å²) >= 11 is 0. The van der Waals surface area contributed by atoms with Crippen molar-refractivity contribution in [1.82, 2.24) is 20.3 Å². The smallest absolute Gasteiger partial charge is 0.160 e. The normalized spacial score (nSPS) is 19.5. The van der Waals surface area contributed by atoms with Gasteiger partial charge in [-0.15, -0.1) is 5.10 Å². The molecule has 25 heavy (non-hydrogen) atoms. The Morgan fingerprint density at radius 1 is 1.40 bits per heavy atom. The van der Waals surface area contributed by atoms with Crippen molar-refractivity contribution in [2.24, 2.45) is 23.3 Å². The molecule has 0 aliphatic carbocycles. The molecule has 0 saturated carbocycles.